The van der Waals surface area contributed by atoms with Gasteiger partial charge in [-0.05, 0) is 43.9 Å². The summed E-state index contributed by atoms with van der Waals surface area (Å²) < 4.78 is 1.82. The molecule has 0 saturated heterocycles. The number of carbonyl (C=O) groups is 1. The molecule has 1 aromatic carbocycles. The molecule has 30 heavy (non-hydrogen) atoms. The van der Waals surface area contributed by atoms with Crippen LogP contribution in [0.2, 0.25) is 0 Å². The van der Waals surface area contributed by atoms with E-state index in [1.54, 1.807) is 18.0 Å². The van der Waals surface area contributed by atoms with Gasteiger partial charge in [-0.1, -0.05) is 18.7 Å². The maximum absolute atomic E-state index is 12.4. The summed E-state index contributed by atoms with van der Waals surface area (Å²) >= 11 is 1.60. The van der Waals surface area contributed by atoms with E-state index in [4.69, 9.17) is 0 Å². The number of amides is 1. The summed E-state index contributed by atoms with van der Waals surface area (Å²) in [5.41, 5.74) is 2.47. The Morgan fingerprint density at radius 2 is 1.93 bits per heavy atom. The van der Waals surface area contributed by atoms with Crippen molar-refractivity contribution in [3.8, 4) is 0 Å². The monoisotopic (exact) mass is 427 g/mol. The van der Waals surface area contributed by atoms with Gasteiger partial charge in [0.1, 0.15) is 5.82 Å². The highest BCUT2D eigenvalue weighted by Gasteiger charge is 2.14. The number of thioether (sulfide) groups is 1. The number of hydrogen-bond acceptors (Lipinski definition) is 7. The second-order valence-corrected chi connectivity index (χ2v) is 8.62. The quantitative estimate of drug-likeness (QED) is 0.400. The highest BCUT2D eigenvalue weighted by atomic mass is 32.2. The molecule has 0 atom stereocenters. The topological polar surface area (TPSA) is 88.0 Å². The lowest BCUT2D eigenvalue weighted by Crippen LogP contribution is -2.27. The minimum absolute atomic E-state index is 0.101. The van der Waals surface area contributed by atoms with Crippen molar-refractivity contribution in [1.82, 2.24) is 25.1 Å². The molecule has 0 bridgehead atoms. The standard InChI is InChI=1S/C21H29N7OS/c1-6-30-21-25-18(24-14(2)3)17-13-23-28(19(17)26-21)12-11-22-20(29)15-7-9-16(10-8-15)27(4)5/h7-10,13-14H,6,11-12H2,1-5H3,(H,22,29)(H,24,25,26). The largest absolute Gasteiger partial charge is 0.378 e. The number of rotatable bonds is 9. The van der Waals surface area contributed by atoms with Crippen LogP contribution in [0, 0.1) is 0 Å². The molecule has 3 aromatic rings. The number of nitrogens with zero attached hydrogens (tertiary/aromatic N) is 5. The van der Waals surface area contributed by atoms with Crippen molar-refractivity contribution < 1.29 is 4.79 Å². The van der Waals surface area contributed by atoms with Crippen molar-refractivity contribution in [1.29, 1.82) is 0 Å². The predicted molar refractivity (Wildman–Crippen MR) is 124 cm³/mol. The fraction of sp³-hybridized carbons (Fsp3) is 0.429. The molecule has 0 spiro atoms. The van der Waals surface area contributed by atoms with Crippen LogP contribution in [0.25, 0.3) is 11.0 Å². The average Bonchev–Trinajstić information content (AvgIpc) is 3.11. The van der Waals surface area contributed by atoms with E-state index in [1.807, 2.05) is 47.9 Å². The lowest BCUT2D eigenvalue weighted by molar-refractivity contribution is 0.0952. The van der Waals surface area contributed by atoms with Crippen LogP contribution in [0.3, 0.4) is 0 Å². The Kier molecular flexibility index (Phi) is 7.15. The Balaban J connectivity index is 1.71. The fourth-order valence-electron chi connectivity index (χ4n) is 2.96. The third-order valence-corrected chi connectivity index (χ3v) is 5.16. The van der Waals surface area contributed by atoms with Crippen molar-refractivity contribution in [2.45, 2.75) is 38.5 Å². The van der Waals surface area contributed by atoms with Gasteiger partial charge >= 0.3 is 0 Å². The van der Waals surface area contributed by atoms with Crippen LogP contribution in [-0.2, 0) is 6.54 Å². The number of aromatic nitrogens is 4. The van der Waals surface area contributed by atoms with Crippen LogP contribution >= 0.6 is 11.8 Å². The second-order valence-electron chi connectivity index (χ2n) is 7.39. The van der Waals surface area contributed by atoms with E-state index in [0.29, 0.717) is 18.7 Å². The third-order valence-electron chi connectivity index (χ3n) is 4.43. The average molecular weight is 428 g/mol. The van der Waals surface area contributed by atoms with Crippen LogP contribution in [0.15, 0.2) is 35.6 Å². The van der Waals surface area contributed by atoms with Crippen molar-refractivity contribution in [2.24, 2.45) is 0 Å². The Bertz CT molecular complexity index is 999. The summed E-state index contributed by atoms with van der Waals surface area (Å²) in [5.74, 6) is 1.58. The molecule has 160 valence electrons. The molecule has 2 aromatic heterocycles. The molecule has 0 fully saturated rings. The van der Waals surface area contributed by atoms with Gasteiger partial charge in [-0.3, -0.25) is 4.79 Å². The molecule has 3 rings (SSSR count). The van der Waals surface area contributed by atoms with E-state index in [2.05, 4.69) is 46.5 Å². The number of anilines is 2. The maximum atomic E-state index is 12.4. The number of nitrogens with one attached hydrogen (secondary N) is 2. The molecule has 0 unspecified atom stereocenters. The zero-order chi connectivity index (χ0) is 21.7. The molecule has 8 nitrogen and oxygen atoms in total. The molecule has 0 saturated carbocycles. The van der Waals surface area contributed by atoms with E-state index < -0.39 is 0 Å². The van der Waals surface area contributed by atoms with E-state index in [-0.39, 0.29) is 11.9 Å². The second kappa shape index (κ2) is 9.80. The Labute approximate surface area is 181 Å². The molecule has 9 heteroatoms. The van der Waals surface area contributed by atoms with E-state index in [9.17, 15) is 4.79 Å². The van der Waals surface area contributed by atoms with Crippen LogP contribution in [0.1, 0.15) is 31.1 Å². The van der Waals surface area contributed by atoms with Gasteiger partial charge in [0.25, 0.3) is 5.91 Å². The molecular formula is C21H29N7OS. The predicted octanol–water partition coefficient (Wildman–Crippen LogP) is 3.25. The van der Waals surface area contributed by atoms with Gasteiger partial charge in [-0.25, -0.2) is 14.6 Å². The highest BCUT2D eigenvalue weighted by Crippen LogP contribution is 2.24. The maximum Gasteiger partial charge on any atom is 0.251 e. The zero-order valence-corrected chi connectivity index (χ0v) is 19.0. The molecular weight excluding hydrogens is 398 g/mol. The van der Waals surface area contributed by atoms with Crippen LogP contribution in [0.5, 0.6) is 0 Å². The number of benzene rings is 1. The minimum Gasteiger partial charge on any atom is -0.378 e. The lowest BCUT2D eigenvalue weighted by Gasteiger charge is -2.13. The Morgan fingerprint density at radius 1 is 1.20 bits per heavy atom. The van der Waals surface area contributed by atoms with E-state index in [0.717, 1.165) is 33.4 Å². The number of hydrogen-bond donors (Lipinski definition) is 2. The number of fused-ring (bicyclic) bond motifs is 1. The van der Waals surface area contributed by atoms with E-state index >= 15 is 0 Å². The van der Waals surface area contributed by atoms with Crippen LogP contribution in [0.4, 0.5) is 11.5 Å². The van der Waals surface area contributed by atoms with Crippen molar-refractivity contribution in [3.05, 3.63) is 36.0 Å². The van der Waals surface area contributed by atoms with Gasteiger partial charge in [0, 0.05) is 37.9 Å². The number of carbonyl (C=O) groups excluding carboxylic acids is 1. The first kappa shape index (κ1) is 21.9. The van der Waals surface area contributed by atoms with Crippen molar-refractivity contribution in [3.63, 3.8) is 0 Å². The van der Waals surface area contributed by atoms with Crippen LogP contribution < -0.4 is 15.5 Å². The summed E-state index contributed by atoms with van der Waals surface area (Å²) in [4.78, 5) is 23.7. The normalized spacial score (nSPS) is 11.1. The molecule has 2 N–H and O–H groups in total. The molecule has 1 amide bonds. The minimum atomic E-state index is -0.101. The molecule has 2 heterocycles. The molecule has 0 aliphatic heterocycles. The Hall–Kier alpha value is -2.81. The fourth-order valence-corrected chi connectivity index (χ4v) is 3.53. The van der Waals surface area contributed by atoms with Gasteiger partial charge in [-0.2, -0.15) is 5.10 Å². The summed E-state index contributed by atoms with van der Waals surface area (Å²) in [6.45, 7) is 7.21. The molecule has 0 aliphatic carbocycles. The van der Waals surface area contributed by atoms with Crippen LogP contribution in [-0.4, -0.2) is 58.1 Å². The van der Waals surface area contributed by atoms with Gasteiger partial charge in [0.15, 0.2) is 10.8 Å². The van der Waals surface area contributed by atoms with Gasteiger partial charge in [-0.15, -0.1) is 0 Å². The van der Waals surface area contributed by atoms with Gasteiger partial charge in [0.2, 0.25) is 0 Å². The van der Waals surface area contributed by atoms with Gasteiger partial charge < -0.3 is 15.5 Å². The van der Waals surface area contributed by atoms with E-state index in [1.165, 1.54) is 0 Å². The highest BCUT2D eigenvalue weighted by molar-refractivity contribution is 7.99. The smallest absolute Gasteiger partial charge is 0.251 e. The van der Waals surface area contributed by atoms with Crippen molar-refractivity contribution >= 4 is 40.2 Å². The SMILES string of the molecule is CCSc1nc(NC(C)C)c2cnn(CCNC(=O)c3ccc(N(C)C)cc3)c2n1. The third kappa shape index (κ3) is 5.21. The van der Waals surface area contributed by atoms with Crippen molar-refractivity contribution in [2.75, 3.05) is 36.6 Å². The Morgan fingerprint density at radius 3 is 2.57 bits per heavy atom. The van der Waals surface area contributed by atoms with Gasteiger partial charge in [0.05, 0.1) is 18.1 Å². The lowest BCUT2D eigenvalue weighted by atomic mass is 10.2. The first-order chi connectivity index (χ1) is 14.4. The molecule has 0 radical (unpaired) electrons. The first-order valence-corrected chi connectivity index (χ1v) is 11.1. The summed E-state index contributed by atoms with van der Waals surface area (Å²) in [6.07, 6.45) is 1.78. The summed E-state index contributed by atoms with van der Waals surface area (Å²) in [5, 5.41) is 12.4. The zero-order valence-electron chi connectivity index (χ0n) is 18.1. The summed E-state index contributed by atoms with van der Waals surface area (Å²) in [7, 11) is 3.94. The molecule has 0 aliphatic rings. The first-order valence-electron chi connectivity index (χ1n) is 10.1. The summed E-state index contributed by atoms with van der Waals surface area (Å²) in [6, 6.07) is 7.79.